The minimum atomic E-state index is -0.704. The van der Waals surface area contributed by atoms with Crippen LogP contribution in [0.25, 0.3) is 0 Å². The average Bonchev–Trinajstić information content (AvgIpc) is 2.12. The summed E-state index contributed by atoms with van der Waals surface area (Å²) in [5, 5.41) is 0. The van der Waals surface area contributed by atoms with Gasteiger partial charge in [0.2, 0.25) is 0 Å². The number of hydrogen-bond donors (Lipinski definition) is 0. The number of hydrogen-bond acceptors (Lipinski definition) is 3. The molecule has 3 nitrogen and oxygen atoms in total. The van der Waals surface area contributed by atoms with E-state index >= 15 is 0 Å². The van der Waals surface area contributed by atoms with E-state index in [-0.39, 0.29) is 12.4 Å². The number of carbonyl (C=O) groups excluding carboxylic acids is 2. The Kier molecular flexibility index (Phi) is 1.34. The molecule has 9 heavy (non-hydrogen) atoms. The van der Waals surface area contributed by atoms with Crippen molar-refractivity contribution in [1.82, 2.24) is 0 Å². The summed E-state index contributed by atoms with van der Waals surface area (Å²) in [7, 11) is 0. The predicted octanol–water partition coefficient (Wildman–Crippen LogP) is -0.0855. The first-order valence-corrected chi connectivity index (χ1v) is 2.57. The van der Waals surface area contributed by atoms with Crippen molar-refractivity contribution in [3.63, 3.8) is 0 Å². The maximum absolute atomic E-state index is 10.6. The predicted molar refractivity (Wildman–Crippen MR) is 29.7 cm³/mol. The molecule has 0 aromatic carbocycles. The van der Waals surface area contributed by atoms with Gasteiger partial charge in [0.15, 0.2) is 12.4 Å². The van der Waals surface area contributed by atoms with E-state index in [4.69, 9.17) is 0 Å². The van der Waals surface area contributed by atoms with Gasteiger partial charge in [0, 0.05) is 0 Å². The maximum Gasteiger partial charge on any atom is 0.320 e. The number of Topliss-reactive ketones (excluding diaryl/α,β-unsaturated/α-hetero) is 1. The van der Waals surface area contributed by atoms with E-state index < -0.39 is 11.9 Å². The normalized spacial score (nSPS) is 26.0. The van der Waals surface area contributed by atoms with Gasteiger partial charge in [-0.05, 0) is 0 Å². The Morgan fingerprint density at radius 2 is 2.33 bits per heavy atom. The summed E-state index contributed by atoms with van der Waals surface area (Å²) < 4.78 is 4.41. The van der Waals surface area contributed by atoms with Gasteiger partial charge in [-0.1, -0.05) is 6.08 Å². The molecule has 1 rings (SSSR count). The van der Waals surface area contributed by atoms with Crippen LogP contribution < -0.4 is 0 Å². The van der Waals surface area contributed by atoms with Gasteiger partial charge in [-0.2, -0.15) is 0 Å². The molecule has 1 saturated heterocycles. The Labute approximate surface area is 52.3 Å². The molecule has 0 N–H and O–H groups in total. The van der Waals surface area contributed by atoms with Crippen LogP contribution in [0, 0.1) is 5.92 Å². The first-order chi connectivity index (χ1) is 4.25. The lowest BCUT2D eigenvalue weighted by Crippen LogP contribution is -2.11. The highest BCUT2D eigenvalue weighted by molar-refractivity contribution is 6.06. The minimum Gasteiger partial charge on any atom is -0.457 e. The lowest BCUT2D eigenvalue weighted by Gasteiger charge is -1.89. The fraction of sp³-hybridized carbons (Fsp3) is 0.333. The van der Waals surface area contributed by atoms with Crippen molar-refractivity contribution in [3.8, 4) is 0 Å². The summed E-state index contributed by atoms with van der Waals surface area (Å²) in [4.78, 5) is 21.1. The zero-order chi connectivity index (χ0) is 6.85. The summed E-state index contributed by atoms with van der Waals surface area (Å²) in [6, 6.07) is 0. The van der Waals surface area contributed by atoms with Gasteiger partial charge in [-0.15, -0.1) is 6.58 Å². The van der Waals surface area contributed by atoms with Gasteiger partial charge in [-0.3, -0.25) is 9.59 Å². The second-order valence-corrected chi connectivity index (χ2v) is 1.79. The van der Waals surface area contributed by atoms with Gasteiger partial charge in [0.1, 0.15) is 5.92 Å². The van der Waals surface area contributed by atoms with E-state index in [0.717, 1.165) is 0 Å². The van der Waals surface area contributed by atoms with Crippen molar-refractivity contribution in [2.45, 2.75) is 0 Å². The second kappa shape index (κ2) is 2.01. The van der Waals surface area contributed by atoms with Crippen LogP contribution in [0.4, 0.5) is 0 Å². The Bertz CT molecular complexity index is 155. The van der Waals surface area contributed by atoms with Gasteiger partial charge in [0.05, 0.1) is 0 Å². The second-order valence-electron chi connectivity index (χ2n) is 1.79. The number of rotatable bonds is 1. The average molecular weight is 126 g/mol. The number of ketones is 1. The third-order valence-corrected chi connectivity index (χ3v) is 1.19. The third-order valence-electron chi connectivity index (χ3n) is 1.19. The van der Waals surface area contributed by atoms with Crippen LogP contribution in [-0.4, -0.2) is 18.4 Å². The van der Waals surface area contributed by atoms with Gasteiger partial charge >= 0.3 is 5.97 Å². The fourth-order valence-electron chi connectivity index (χ4n) is 0.681. The molecule has 1 aliphatic rings. The molecule has 0 aliphatic carbocycles. The molecule has 48 valence electrons. The highest BCUT2D eigenvalue weighted by Crippen LogP contribution is 2.10. The van der Waals surface area contributed by atoms with E-state index in [9.17, 15) is 9.59 Å². The molecule has 0 spiro atoms. The maximum atomic E-state index is 10.6. The Hall–Kier alpha value is -1.12. The van der Waals surface area contributed by atoms with Crippen molar-refractivity contribution in [2.75, 3.05) is 6.61 Å². The molecule has 1 atom stereocenters. The molecule has 1 heterocycles. The molecule has 1 aliphatic heterocycles. The molecule has 0 saturated carbocycles. The van der Waals surface area contributed by atoms with E-state index in [2.05, 4.69) is 11.3 Å². The molecule has 0 aromatic rings. The van der Waals surface area contributed by atoms with Crippen LogP contribution in [0.1, 0.15) is 0 Å². The van der Waals surface area contributed by atoms with E-state index in [1.807, 2.05) is 0 Å². The number of carbonyl (C=O) groups is 2. The van der Waals surface area contributed by atoms with Crippen molar-refractivity contribution < 1.29 is 14.3 Å². The summed E-state index contributed by atoms with van der Waals surface area (Å²) in [6.45, 7) is 3.23. The van der Waals surface area contributed by atoms with E-state index in [0.29, 0.717) is 0 Å². The number of esters is 1. The topological polar surface area (TPSA) is 43.4 Å². The molecule has 1 fully saturated rings. The van der Waals surface area contributed by atoms with Gasteiger partial charge in [0.25, 0.3) is 0 Å². The Balaban J connectivity index is 2.77. The van der Waals surface area contributed by atoms with Crippen LogP contribution in [0.2, 0.25) is 0 Å². The standard InChI is InChI=1S/C6H6O3/c1-2-4-5(7)3-9-6(4)8/h2,4H,1,3H2. The summed E-state index contributed by atoms with van der Waals surface area (Å²) in [5.41, 5.74) is 0. The monoisotopic (exact) mass is 126 g/mol. The van der Waals surface area contributed by atoms with Gasteiger partial charge in [-0.25, -0.2) is 0 Å². The largest absolute Gasteiger partial charge is 0.457 e. The fourth-order valence-corrected chi connectivity index (χ4v) is 0.681. The van der Waals surface area contributed by atoms with Crippen LogP contribution in [0.5, 0.6) is 0 Å². The Morgan fingerprint density at radius 1 is 1.67 bits per heavy atom. The molecule has 0 amide bonds. The lowest BCUT2D eigenvalue weighted by molar-refractivity contribution is -0.140. The highest BCUT2D eigenvalue weighted by Gasteiger charge is 2.31. The lowest BCUT2D eigenvalue weighted by atomic mass is 10.1. The van der Waals surface area contributed by atoms with Gasteiger partial charge < -0.3 is 4.74 Å². The van der Waals surface area contributed by atoms with E-state index in [1.54, 1.807) is 0 Å². The smallest absolute Gasteiger partial charge is 0.320 e. The summed E-state index contributed by atoms with van der Waals surface area (Å²) in [6.07, 6.45) is 1.30. The van der Waals surface area contributed by atoms with E-state index in [1.165, 1.54) is 6.08 Å². The van der Waals surface area contributed by atoms with Crippen LogP contribution in [0.15, 0.2) is 12.7 Å². The molecule has 1 unspecified atom stereocenters. The van der Waals surface area contributed by atoms with Crippen molar-refractivity contribution in [3.05, 3.63) is 12.7 Å². The quantitative estimate of drug-likeness (QED) is 0.280. The third kappa shape index (κ3) is 0.850. The molecule has 0 bridgehead atoms. The zero-order valence-electron chi connectivity index (χ0n) is 4.79. The zero-order valence-corrected chi connectivity index (χ0v) is 4.79. The molecule has 0 aromatic heterocycles. The van der Waals surface area contributed by atoms with Crippen molar-refractivity contribution in [1.29, 1.82) is 0 Å². The Morgan fingerprint density at radius 3 is 2.56 bits per heavy atom. The summed E-state index contributed by atoms with van der Waals surface area (Å²) >= 11 is 0. The molecular weight excluding hydrogens is 120 g/mol. The van der Waals surface area contributed by atoms with Crippen LogP contribution >= 0.6 is 0 Å². The van der Waals surface area contributed by atoms with Crippen LogP contribution in [0.3, 0.4) is 0 Å². The van der Waals surface area contributed by atoms with Crippen molar-refractivity contribution >= 4 is 11.8 Å². The van der Waals surface area contributed by atoms with Crippen molar-refractivity contribution in [2.24, 2.45) is 5.92 Å². The van der Waals surface area contributed by atoms with Crippen LogP contribution in [-0.2, 0) is 14.3 Å². The summed E-state index contributed by atoms with van der Waals surface area (Å²) in [5.74, 6) is -1.38. The SMILES string of the molecule is C=CC1C(=O)COC1=O. The first kappa shape index (κ1) is 6.01. The highest BCUT2D eigenvalue weighted by atomic mass is 16.5. The first-order valence-electron chi connectivity index (χ1n) is 2.57. The molecule has 0 radical (unpaired) electrons. The number of ether oxygens (including phenoxy) is 1. The molecular formula is C6H6O3. The molecule has 3 heteroatoms. The number of cyclic esters (lactones) is 1. The minimum absolute atomic E-state index is 0.0878.